The van der Waals surface area contributed by atoms with E-state index in [-0.39, 0.29) is 16.6 Å². The van der Waals surface area contributed by atoms with Crippen LogP contribution in [0.5, 0.6) is 11.5 Å². The number of methoxy groups -OCH3 is 2. The average molecular weight is 462 g/mol. The fourth-order valence-corrected chi connectivity index (χ4v) is 4.03. The predicted octanol–water partition coefficient (Wildman–Crippen LogP) is 2.45. The summed E-state index contributed by atoms with van der Waals surface area (Å²) in [6.45, 7) is 4.49. The smallest absolute Gasteiger partial charge is 0.267 e. The Morgan fingerprint density at radius 3 is 2.59 bits per heavy atom. The monoisotopic (exact) mass is 461 g/mol. The lowest BCUT2D eigenvalue weighted by Gasteiger charge is -2.14. The number of hydrogen-bond donors (Lipinski definition) is 2. The third kappa shape index (κ3) is 4.00. The molecule has 3 aromatic heterocycles. The van der Waals surface area contributed by atoms with Gasteiger partial charge in [-0.05, 0) is 55.7 Å². The van der Waals surface area contributed by atoms with Crippen LogP contribution in [-0.2, 0) is 13.0 Å². The molecule has 2 N–H and O–H groups in total. The van der Waals surface area contributed by atoms with Gasteiger partial charge in [0.25, 0.3) is 11.5 Å². The van der Waals surface area contributed by atoms with E-state index in [9.17, 15) is 9.59 Å². The highest BCUT2D eigenvalue weighted by Gasteiger charge is 2.17. The maximum absolute atomic E-state index is 13.2. The van der Waals surface area contributed by atoms with E-state index in [1.165, 1.54) is 10.5 Å². The van der Waals surface area contributed by atoms with Crippen molar-refractivity contribution in [3.63, 3.8) is 0 Å². The number of aromatic nitrogens is 3. The Balaban J connectivity index is 1.66. The summed E-state index contributed by atoms with van der Waals surface area (Å²) in [6.07, 6.45) is 2.22. The van der Waals surface area contributed by atoms with Crippen LogP contribution in [0.2, 0.25) is 0 Å². The Bertz CT molecular complexity index is 1520. The van der Waals surface area contributed by atoms with E-state index in [4.69, 9.17) is 14.9 Å². The number of nitrogens with one attached hydrogen (secondary N) is 2. The first-order valence-electron chi connectivity index (χ1n) is 11.0. The highest BCUT2D eigenvalue weighted by Crippen LogP contribution is 2.27. The number of benzene rings is 1. The van der Waals surface area contributed by atoms with Gasteiger partial charge in [0.2, 0.25) is 0 Å². The van der Waals surface area contributed by atoms with Gasteiger partial charge in [0.05, 0.1) is 25.2 Å². The summed E-state index contributed by atoms with van der Waals surface area (Å²) >= 11 is 0. The minimum Gasteiger partial charge on any atom is -0.493 e. The van der Waals surface area contributed by atoms with Crippen molar-refractivity contribution < 1.29 is 14.3 Å². The van der Waals surface area contributed by atoms with Gasteiger partial charge in [0, 0.05) is 19.3 Å². The molecule has 0 fully saturated rings. The molecule has 4 rings (SSSR count). The lowest BCUT2D eigenvalue weighted by Crippen LogP contribution is -2.35. The number of ether oxygens (including phenoxy) is 2. The number of fused-ring (bicyclic) bond motifs is 2. The molecule has 3 heterocycles. The maximum Gasteiger partial charge on any atom is 0.267 e. The number of pyridine rings is 2. The quantitative estimate of drug-likeness (QED) is 0.411. The van der Waals surface area contributed by atoms with E-state index in [0.717, 1.165) is 11.1 Å². The SMILES string of the molecule is CCn1c(=N)c(C(=O)NCCc2ccc(OC)c(OC)c2)cc2c(=O)n3cccc(C)c3nc21. The molecule has 0 atom stereocenters. The topological polar surface area (TPSA) is 111 Å². The second-order valence-corrected chi connectivity index (χ2v) is 7.89. The molecule has 0 spiro atoms. The number of rotatable bonds is 7. The largest absolute Gasteiger partial charge is 0.493 e. The molecule has 176 valence electrons. The summed E-state index contributed by atoms with van der Waals surface area (Å²) in [5.41, 5.74) is 2.63. The van der Waals surface area contributed by atoms with Crippen molar-refractivity contribution in [2.45, 2.75) is 26.8 Å². The molecule has 0 unspecified atom stereocenters. The van der Waals surface area contributed by atoms with Crippen LogP contribution >= 0.6 is 0 Å². The Kier molecular flexibility index (Phi) is 6.36. The minimum absolute atomic E-state index is 0.0171. The fraction of sp³-hybridized carbons (Fsp3) is 0.280. The van der Waals surface area contributed by atoms with Gasteiger partial charge in [-0.1, -0.05) is 12.1 Å². The molecule has 9 heteroatoms. The number of nitrogens with zero attached hydrogens (tertiary/aromatic N) is 3. The Morgan fingerprint density at radius 2 is 1.88 bits per heavy atom. The van der Waals surface area contributed by atoms with Gasteiger partial charge >= 0.3 is 0 Å². The summed E-state index contributed by atoms with van der Waals surface area (Å²) < 4.78 is 13.6. The number of aryl methyl sites for hydroxylation is 2. The first-order valence-corrected chi connectivity index (χ1v) is 11.0. The Labute approximate surface area is 196 Å². The van der Waals surface area contributed by atoms with Crippen LogP contribution in [-0.4, -0.2) is 40.6 Å². The number of amides is 1. The highest BCUT2D eigenvalue weighted by molar-refractivity contribution is 5.96. The van der Waals surface area contributed by atoms with E-state index in [1.807, 2.05) is 38.1 Å². The Morgan fingerprint density at radius 1 is 1.12 bits per heavy atom. The first-order chi connectivity index (χ1) is 16.4. The van der Waals surface area contributed by atoms with E-state index in [0.29, 0.717) is 47.7 Å². The van der Waals surface area contributed by atoms with Crippen LogP contribution in [0.25, 0.3) is 16.7 Å². The van der Waals surface area contributed by atoms with Crippen molar-refractivity contribution in [1.29, 1.82) is 5.41 Å². The molecule has 4 aromatic rings. The maximum atomic E-state index is 13.2. The number of hydrogen-bond acceptors (Lipinski definition) is 6. The Hall–Kier alpha value is -4.14. The van der Waals surface area contributed by atoms with Crippen LogP contribution in [0.1, 0.15) is 28.4 Å². The molecule has 1 amide bonds. The fourth-order valence-electron chi connectivity index (χ4n) is 4.03. The molecule has 0 aliphatic rings. The molecule has 0 aliphatic heterocycles. The summed E-state index contributed by atoms with van der Waals surface area (Å²) in [5.74, 6) is 0.842. The first kappa shape index (κ1) is 23.0. The molecule has 0 saturated carbocycles. The van der Waals surface area contributed by atoms with Crippen molar-refractivity contribution in [3.8, 4) is 11.5 Å². The zero-order chi connectivity index (χ0) is 24.4. The molecule has 1 aromatic carbocycles. The molecule has 0 aliphatic carbocycles. The summed E-state index contributed by atoms with van der Waals surface area (Å²) in [5, 5.41) is 11.8. The summed E-state index contributed by atoms with van der Waals surface area (Å²) in [4.78, 5) is 30.9. The van der Waals surface area contributed by atoms with Crippen molar-refractivity contribution in [3.05, 3.63) is 75.1 Å². The summed E-state index contributed by atoms with van der Waals surface area (Å²) in [6, 6.07) is 10.7. The van der Waals surface area contributed by atoms with Crippen molar-refractivity contribution >= 4 is 22.6 Å². The standard InChI is InChI=1S/C25H27N5O4/c1-5-29-21(26)17(14-18-23(29)28-22-15(2)7-6-12-30(22)25(18)32)24(31)27-11-10-16-8-9-19(33-3)20(13-16)34-4/h6-9,12-14,26H,5,10-11H2,1-4H3,(H,27,31). The van der Waals surface area contributed by atoms with Crippen molar-refractivity contribution in [1.82, 2.24) is 19.3 Å². The van der Waals surface area contributed by atoms with E-state index in [2.05, 4.69) is 10.3 Å². The zero-order valence-corrected chi connectivity index (χ0v) is 19.6. The van der Waals surface area contributed by atoms with Gasteiger partial charge in [-0.3, -0.25) is 19.4 Å². The predicted molar refractivity (Wildman–Crippen MR) is 129 cm³/mol. The molecule has 0 saturated heterocycles. The lowest BCUT2D eigenvalue weighted by atomic mass is 10.1. The van der Waals surface area contributed by atoms with E-state index >= 15 is 0 Å². The van der Waals surface area contributed by atoms with Crippen LogP contribution in [0.4, 0.5) is 0 Å². The van der Waals surface area contributed by atoms with E-state index < -0.39 is 5.91 Å². The van der Waals surface area contributed by atoms with Gasteiger partial charge in [0.15, 0.2) is 11.5 Å². The van der Waals surface area contributed by atoms with Crippen LogP contribution in [0, 0.1) is 12.3 Å². The molecule has 0 bridgehead atoms. The number of carbonyl (C=O) groups excluding carboxylic acids is 1. The average Bonchev–Trinajstić information content (AvgIpc) is 2.84. The second kappa shape index (κ2) is 9.38. The lowest BCUT2D eigenvalue weighted by molar-refractivity contribution is 0.0951. The zero-order valence-electron chi connectivity index (χ0n) is 19.6. The van der Waals surface area contributed by atoms with Crippen LogP contribution in [0.3, 0.4) is 0 Å². The van der Waals surface area contributed by atoms with Crippen LogP contribution in [0.15, 0.2) is 47.4 Å². The van der Waals surface area contributed by atoms with Gasteiger partial charge < -0.3 is 19.4 Å². The normalized spacial score (nSPS) is 11.1. The second-order valence-electron chi connectivity index (χ2n) is 7.89. The van der Waals surface area contributed by atoms with Gasteiger partial charge in [-0.25, -0.2) is 4.98 Å². The van der Waals surface area contributed by atoms with Crippen LogP contribution < -0.4 is 25.8 Å². The third-order valence-corrected chi connectivity index (χ3v) is 5.84. The minimum atomic E-state index is -0.414. The van der Waals surface area contributed by atoms with Crippen molar-refractivity contribution in [2.75, 3.05) is 20.8 Å². The summed E-state index contributed by atoms with van der Waals surface area (Å²) in [7, 11) is 3.15. The molecular formula is C25H27N5O4. The van der Waals surface area contributed by atoms with Crippen molar-refractivity contribution in [2.24, 2.45) is 0 Å². The molecular weight excluding hydrogens is 434 g/mol. The van der Waals surface area contributed by atoms with E-state index in [1.54, 1.807) is 31.0 Å². The highest BCUT2D eigenvalue weighted by atomic mass is 16.5. The van der Waals surface area contributed by atoms with Gasteiger partial charge in [0.1, 0.15) is 16.8 Å². The number of carbonyl (C=O) groups is 1. The third-order valence-electron chi connectivity index (χ3n) is 5.84. The molecule has 0 radical (unpaired) electrons. The van der Waals surface area contributed by atoms with Gasteiger partial charge in [-0.15, -0.1) is 0 Å². The van der Waals surface area contributed by atoms with Gasteiger partial charge in [-0.2, -0.15) is 0 Å². The molecule has 9 nitrogen and oxygen atoms in total. The molecule has 34 heavy (non-hydrogen) atoms.